The fourth-order valence-electron chi connectivity index (χ4n) is 2.77. The van der Waals surface area contributed by atoms with Crippen molar-refractivity contribution in [1.29, 1.82) is 0 Å². The van der Waals surface area contributed by atoms with Crippen molar-refractivity contribution in [2.45, 2.75) is 50.9 Å². The Bertz CT molecular complexity index is 528. The molecule has 0 unspecified atom stereocenters. The summed E-state index contributed by atoms with van der Waals surface area (Å²) in [5, 5.41) is 9.89. The summed E-state index contributed by atoms with van der Waals surface area (Å²) in [7, 11) is 0. The van der Waals surface area contributed by atoms with Crippen molar-refractivity contribution in [2.24, 2.45) is 0 Å². The molecular weight excluding hydrogens is 252 g/mol. The normalized spacial score (nSPS) is 18.7. The molecule has 0 radical (unpaired) electrons. The van der Waals surface area contributed by atoms with Crippen LogP contribution in [0.15, 0.2) is 11.6 Å². The summed E-state index contributed by atoms with van der Waals surface area (Å²) < 4.78 is 0. The first-order valence-corrected chi connectivity index (χ1v) is 7.55. The number of hydrogen-bond donors (Lipinski definition) is 3. The summed E-state index contributed by atoms with van der Waals surface area (Å²) in [5.41, 5.74) is 9.27. The molecule has 2 aliphatic carbocycles. The average Bonchev–Trinajstić information content (AvgIpc) is 3.23. The number of hydrogen-bond acceptors (Lipinski definition) is 3. The topological polar surface area (TPSA) is 83.8 Å². The maximum absolute atomic E-state index is 12.1. The molecule has 0 atom stereocenters. The average molecular weight is 274 g/mol. The van der Waals surface area contributed by atoms with Crippen LogP contribution in [0.5, 0.6) is 0 Å². The standard InChI is InChI=1S/C15H22N4O/c16-12-13(11-6-7-11)18-19-14(12)15(20)17-9-8-10-4-2-1-3-5-10/h4,11H,1-3,5-9,16H2,(H,17,20)(H,18,19). The summed E-state index contributed by atoms with van der Waals surface area (Å²) >= 11 is 0. The van der Waals surface area contributed by atoms with Crippen LogP contribution in [0.1, 0.15) is 67.0 Å². The number of nitrogen functional groups attached to an aromatic ring is 1. The molecule has 1 aromatic rings. The minimum absolute atomic E-state index is 0.165. The lowest BCUT2D eigenvalue weighted by molar-refractivity contribution is 0.0950. The number of nitrogens with two attached hydrogens (primary N) is 1. The number of carbonyl (C=O) groups excluding carboxylic acids is 1. The summed E-state index contributed by atoms with van der Waals surface area (Å²) in [5.74, 6) is 0.318. The van der Waals surface area contributed by atoms with Gasteiger partial charge in [0.15, 0.2) is 5.69 Å². The maximum atomic E-state index is 12.1. The molecule has 1 aromatic heterocycles. The first-order valence-electron chi connectivity index (χ1n) is 7.55. The van der Waals surface area contributed by atoms with Crippen molar-refractivity contribution in [2.75, 3.05) is 12.3 Å². The number of H-pyrrole nitrogens is 1. The van der Waals surface area contributed by atoms with Crippen molar-refractivity contribution in [3.05, 3.63) is 23.0 Å². The third kappa shape index (κ3) is 2.86. The third-order valence-corrected chi connectivity index (χ3v) is 4.15. The maximum Gasteiger partial charge on any atom is 0.273 e. The van der Waals surface area contributed by atoms with Crippen LogP contribution in [0, 0.1) is 0 Å². The highest BCUT2D eigenvalue weighted by Gasteiger charge is 2.30. The highest BCUT2D eigenvalue weighted by atomic mass is 16.1. The number of carbonyl (C=O) groups is 1. The van der Waals surface area contributed by atoms with E-state index in [2.05, 4.69) is 21.6 Å². The minimum atomic E-state index is -0.165. The summed E-state index contributed by atoms with van der Waals surface area (Å²) in [4.78, 5) is 12.1. The predicted molar refractivity (Wildman–Crippen MR) is 78.5 cm³/mol. The Morgan fingerprint density at radius 3 is 3.00 bits per heavy atom. The van der Waals surface area contributed by atoms with Crippen molar-refractivity contribution in [3.8, 4) is 0 Å². The Hall–Kier alpha value is -1.78. The number of nitrogens with one attached hydrogen (secondary N) is 2. The van der Waals surface area contributed by atoms with E-state index in [4.69, 9.17) is 5.73 Å². The van der Waals surface area contributed by atoms with Crippen LogP contribution >= 0.6 is 0 Å². The van der Waals surface area contributed by atoms with Crippen LogP contribution in [0.2, 0.25) is 0 Å². The molecule has 5 nitrogen and oxygen atoms in total. The van der Waals surface area contributed by atoms with Crippen molar-refractivity contribution < 1.29 is 4.79 Å². The number of anilines is 1. The van der Waals surface area contributed by atoms with Gasteiger partial charge in [0.1, 0.15) is 0 Å². The van der Waals surface area contributed by atoms with Crippen molar-refractivity contribution in [1.82, 2.24) is 15.5 Å². The van der Waals surface area contributed by atoms with Gasteiger partial charge in [-0.15, -0.1) is 0 Å². The number of rotatable bonds is 5. The van der Waals surface area contributed by atoms with E-state index >= 15 is 0 Å². The summed E-state index contributed by atoms with van der Waals surface area (Å²) in [6.07, 6.45) is 10.4. The molecule has 3 rings (SSSR count). The summed E-state index contributed by atoms with van der Waals surface area (Å²) in [6.45, 7) is 0.662. The Morgan fingerprint density at radius 1 is 1.45 bits per heavy atom. The number of aromatic nitrogens is 2. The Labute approximate surface area is 119 Å². The van der Waals surface area contributed by atoms with Crippen LogP contribution < -0.4 is 11.1 Å². The lowest BCUT2D eigenvalue weighted by Crippen LogP contribution is -2.26. The second kappa shape index (κ2) is 5.69. The molecule has 0 saturated heterocycles. The van der Waals surface area contributed by atoms with E-state index in [1.807, 2.05) is 0 Å². The second-order valence-corrected chi connectivity index (χ2v) is 5.79. The molecule has 20 heavy (non-hydrogen) atoms. The molecule has 1 saturated carbocycles. The van der Waals surface area contributed by atoms with Crippen LogP contribution in [-0.2, 0) is 0 Å². The fourth-order valence-corrected chi connectivity index (χ4v) is 2.77. The molecule has 5 heteroatoms. The van der Waals surface area contributed by atoms with Gasteiger partial charge >= 0.3 is 0 Å². The van der Waals surface area contributed by atoms with E-state index in [1.165, 1.54) is 31.3 Å². The van der Waals surface area contributed by atoms with Gasteiger partial charge in [-0.1, -0.05) is 11.6 Å². The zero-order chi connectivity index (χ0) is 13.9. The van der Waals surface area contributed by atoms with Crippen molar-refractivity contribution in [3.63, 3.8) is 0 Å². The van der Waals surface area contributed by atoms with E-state index in [9.17, 15) is 4.79 Å². The molecule has 0 bridgehead atoms. The van der Waals surface area contributed by atoms with E-state index < -0.39 is 0 Å². The van der Waals surface area contributed by atoms with Gasteiger partial charge in [-0.05, 0) is 44.9 Å². The van der Waals surface area contributed by atoms with E-state index in [0.29, 0.717) is 23.8 Å². The van der Waals surface area contributed by atoms with Crippen LogP contribution in [0.4, 0.5) is 5.69 Å². The van der Waals surface area contributed by atoms with Gasteiger partial charge in [0.25, 0.3) is 5.91 Å². The Balaban J connectivity index is 1.52. The first kappa shape index (κ1) is 13.2. The van der Waals surface area contributed by atoms with Crippen LogP contribution in [-0.4, -0.2) is 22.6 Å². The number of amides is 1. The molecule has 2 aliphatic rings. The van der Waals surface area contributed by atoms with Gasteiger partial charge in [0, 0.05) is 12.5 Å². The number of nitrogens with zero attached hydrogens (tertiary/aromatic N) is 1. The van der Waals surface area contributed by atoms with Crippen LogP contribution in [0.25, 0.3) is 0 Å². The third-order valence-electron chi connectivity index (χ3n) is 4.15. The fraction of sp³-hybridized carbons (Fsp3) is 0.600. The van der Waals surface area contributed by atoms with E-state index in [-0.39, 0.29) is 5.91 Å². The highest BCUT2D eigenvalue weighted by molar-refractivity contribution is 5.97. The molecule has 0 spiro atoms. The Morgan fingerprint density at radius 2 is 2.30 bits per heavy atom. The minimum Gasteiger partial charge on any atom is -0.395 e. The molecule has 1 amide bonds. The quantitative estimate of drug-likeness (QED) is 0.721. The molecule has 4 N–H and O–H groups in total. The van der Waals surface area contributed by atoms with Crippen molar-refractivity contribution >= 4 is 11.6 Å². The lowest BCUT2D eigenvalue weighted by atomic mass is 9.97. The molecular formula is C15H22N4O. The van der Waals surface area contributed by atoms with E-state index in [1.54, 1.807) is 0 Å². The smallest absolute Gasteiger partial charge is 0.273 e. The highest BCUT2D eigenvalue weighted by Crippen LogP contribution is 2.42. The molecule has 1 heterocycles. The van der Waals surface area contributed by atoms with Gasteiger partial charge in [0.05, 0.1) is 11.4 Å². The lowest BCUT2D eigenvalue weighted by Gasteiger charge is -2.12. The van der Waals surface area contributed by atoms with Gasteiger partial charge in [-0.2, -0.15) is 5.10 Å². The molecule has 0 aromatic carbocycles. The molecule has 108 valence electrons. The largest absolute Gasteiger partial charge is 0.395 e. The predicted octanol–water partition coefficient (Wildman–Crippen LogP) is 2.49. The SMILES string of the molecule is Nc1c(C(=O)NCCC2=CCCCC2)n[nH]c1C1CC1. The monoisotopic (exact) mass is 274 g/mol. The summed E-state index contributed by atoms with van der Waals surface area (Å²) in [6, 6.07) is 0. The van der Waals surface area contributed by atoms with Crippen LogP contribution in [0.3, 0.4) is 0 Å². The molecule has 0 aliphatic heterocycles. The van der Waals surface area contributed by atoms with E-state index in [0.717, 1.165) is 25.0 Å². The number of aromatic amines is 1. The van der Waals surface area contributed by atoms with Gasteiger partial charge in [-0.25, -0.2) is 0 Å². The van der Waals surface area contributed by atoms with Gasteiger partial charge < -0.3 is 11.1 Å². The Kier molecular flexibility index (Phi) is 3.76. The zero-order valence-corrected chi connectivity index (χ0v) is 11.7. The number of allylic oxidation sites excluding steroid dienone is 1. The second-order valence-electron chi connectivity index (χ2n) is 5.79. The van der Waals surface area contributed by atoms with Gasteiger partial charge in [0.2, 0.25) is 0 Å². The zero-order valence-electron chi connectivity index (χ0n) is 11.7. The molecule has 1 fully saturated rings. The van der Waals surface area contributed by atoms with Gasteiger partial charge in [-0.3, -0.25) is 9.89 Å². The first-order chi connectivity index (χ1) is 9.75.